The smallest absolute Gasteiger partial charge is 0.220 e. The number of likely N-dealkylation sites (tertiary alicyclic amines) is 1. The highest BCUT2D eigenvalue weighted by atomic mass is 32.1. The Kier molecular flexibility index (Phi) is 7.28. The fourth-order valence-electron chi connectivity index (χ4n) is 3.79. The van der Waals surface area contributed by atoms with Crippen LogP contribution < -0.4 is 14.8 Å². The summed E-state index contributed by atoms with van der Waals surface area (Å²) in [6, 6.07) is 6.07. The van der Waals surface area contributed by atoms with Gasteiger partial charge in [0, 0.05) is 31.1 Å². The minimum Gasteiger partial charge on any atom is -0.493 e. The van der Waals surface area contributed by atoms with Gasteiger partial charge in [-0.15, -0.1) is 11.3 Å². The van der Waals surface area contributed by atoms with Crippen molar-refractivity contribution in [2.75, 3.05) is 27.3 Å². The second-order valence-corrected chi connectivity index (χ2v) is 8.02. The lowest BCUT2D eigenvalue weighted by molar-refractivity contribution is -0.122. The molecule has 28 heavy (non-hydrogen) atoms. The Morgan fingerprint density at radius 3 is 2.86 bits per heavy atom. The van der Waals surface area contributed by atoms with Crippen LogP contribution in [0.5, 0.6) is 11.5 Å². The van der Waals surface area contributed by atoms with Gasteiger partial charge >= 0.3 is 0 Å². The molecule has 3 rings (SSSR count). The van der Waals surface area contributed by atoms with Gasteiger partial charge in [-0.25, -0.2) is 4.98 Å². The van der Waals surface area contributed by atoms with E-state index in [1.165, 1.54) is 5.56 Å². The van der Waals surface area contributed by atoms with Gasteiger partial charge in [0.25, 0.3) is 0 Å². The molecule has 0 unspecified atom stereocenters. The predicted octanol–water partition coefficient (Wildman–Crippen LogP) is 3.64. The van der Waals surface area contributed by atoms with Crippen molar-refractivity contribution < 1.29 is 14.3 Å². The Balaban J connectivity index is 1.71. The second-order valence-electron chi connectivity index (χ2n) is 7.10. The molecule has 1 amide bonds. The monoisotopic (exact) mass is 403 g/mol. The Labute approximate surface area is 170 Å². The van der Waals surface area contributed by atoms with Crippen molar-refractivity contribution in [2.24, 2.45) is 5.92 Å². The van der Waals surface area contributed by atoms with Crippen molar-refractivity contribution in [1.82, 2.24) is 15.2 Å². The molecule has 7 heteroatoms. The van der Waals surface area contributed by atoms with Gasteiger partial charge in [-0.2, -0.15) is 0 Å². The number of hydrogen-bond acceptors (Lipinski definition) is 6. The van der Waals surface area contributed by atoms with Crippen LogP contribution in [0.1, 0.15) is 42.8 Å². The number of ether oxygens (including phenoxy) is 2. The summed E-state index contributed by atoms with van der Waals surface area (Å²) in [4.78, 5) is 19.0. The molecule has 0 saturated carbocycles. The first-order valence-electron chi connectivity index (χ1n) is 9.76. The summed E-state index contributed by atoms with van der Waals surface area (Å²) in [6.45, 7) is 4.72. The number of carbonyl (C=O) groups is 1. The largest absolute Gasteiger partial charge is 0.493 e. The quantitative estimate of drug-likeness (QED) is 0.729. The molecular formula is C21H29N3O3S. The minimum absolute atomic E-state index is 0.0133. The molecule has 2 atom stereocenters. The Hall–Kier alpha value is -2.12. The Bertz CT molecular complexity index is 766. The van der Waals surface area contributed by atoms with Gasteiger partial charge < -0.3 is 14.8 Å². The van der Waals surface area contributed by atoms with Gasteiger partial charge in [0.2, 0.25) is 5.91 Å². The fourth-order valence-corrected chi connectivity index (χ4v) is 4.57. The van der Waals surface area contributed by atoms with Crippen molar-refractivity contribution in [2.45, 2.75) is 38.8 Å². The van der Waals surface area contributed by atoms with Crippen LogP contribution in [-0.4, -0.2) is 43.1 Å². The standard InChI is InChI=1S/C21H29N3O3S/c1-4-19(25)23-20(21-22-9-11-28-21)16-6-5-10-24(14-16)13-15-7-8-17(26-2)18(12-15)27-3/h7-9,11-12,16,20H,4-6,10,13-14H2,1-3H3,(H,23,25)/t16-,20+/m0/s1. The number of piperidine rings is 1. The molecule has 6 nitrogen and oxygen atoms in total. The van der Waals surface area contributed by atoms with E-state index in [0.717, 1.165) is 49.0 Å². The summed E-state index contributed by atoms with van der Waals surface area (Å²) in [5, 5.41) is 6.18. The van der Waals surface area contributed by atoms with Gasteiger partial charge in [0.1, 0.15) is 5.01 Å². The minimum atomic E-state index is -0.0133. The van der Waals surface area contributed by atoms with E-state index in [1.54, 1.807) is 25.6 Å². The fraction of sp³-hybridized carbons (Fsp3) is 0.524. The average Bonchev–Trinajstić information content (AvgIpc) is 3.26. The van der Waals surface area contributed by atoms with Gasteiger partial charge in [0.15, 0.2) is 11.5 Å². The first-order chi connectivity index (χ1) is 13.6. The first kappa shape index (κ1) is 20.6. The molecule has 1 aromatic carbocycles. The van der Waals surface area contributed by atoms with Gasteiger partial charge in [-0.3, -0.25) is 9.69 Å². The number of aromatic nitrogens is 1. The number of rotatable bonds is 8. The van der Waals surface area contributed by atoms with E-state index in [4.69, 9.17) is 9.47 Å². The zero-order chi connectivity index (χ0) is 19.9. The van der Waals surface area contributed by atoms with Crippen LogP contribution in [0.15, 0.2) is 29.8 Å². The van der Waals surface area contributed by atoms with Crippen LogP contribution in [0.4, 0.5) is 0 Å². The van der Waals surface area contributed by atoms with E-state index in [0.29, 0.717) is 12.3 Å². The topological polar surface area (TPSA) is 63.7 Å². The normalized spacial score (nSPS) is 18.5. The van der Waals surface area contributed by atoms with Crippen LogP contribution in [-0.2, 0) is 11.3 Å². The summed E-state index contributed by atoms with van der Waals surface area (Å²) >= 11 is 1.62. The molecule has 0 spiro atoms. The summed E-state index contributed by atoms with van der Waals surface area (Å²) in [5.74, 6) is 1.94. The van der Waals surface area contributed by atoms with E-state index in [9.17, 15) is 4.79 Å². The van der Waals surface area contributed by atoms with Crippen LogP contribution in [0.2, 0.25) is 0 Å². The highest BCUT2D eigenvalue weighted by Crippen LogP contribution is 2.33. The molecule has 1 N–H and O–H groups in total. The number of benzene rings is 1. The zero-order valence-electron chi connectivity index (χ0n) is 16.8. The summed E-state index contributed by atoms with van der Waals surface area (Å²) in [5.41, 5.74) is 1.20. The third-order valence-corrected chi connectivity index (χ3v) is 6.08. The molecule has 1 aliphatic heterocycles. The number of nitrogens with one attached hydrogen (secondary N) is 1. The lowest BCUT2D eigenvalue weighted by atomic mass is 9.90. The van der Waals surface area contributed by atoms with Gasteiger partial charge in [0.05, 0.1) is 20.3 Å². The van der Waals surface area contributed by atoms with Crippen molar-refractivity contribution in [1.29, 1.82) is 0 Å². The number of thiazole rings is 1. The van der Waals surface area contributed by atoms with Crippen LogP contribution >= 0.6 is 11.3 Å². The number of hydrogen-bond donors (Lipinski definition) is 1. The van der Waals surface area contributed by atoms with Crippen LogP contribution in [0, 0.1) is 5.92 Å². The van der Waals surface area contributed by atoms with Gasteiger partial charge in [-0.1, -0.05) is 13.0 Å². The summed E-state index contributed by atoms with van der Waals surface area (Å²) in [7, 11) is 3.31. The maximum Gasteiger partial charge on any atom is 0.220 e. The molecule has 0 aliphatic carbocycles. The highest BCUT2D eigenvalue weighted by molar-refractivity contribution is 7.09. The van der Waals surface area contributed by atoms with E-state index >= 15 is 0 Å². The Morgan fingerprint density at radius 1 is 1.36 bits per heavy atom. The number of amides is 1. The number of carbonyl (C=O) groups excluding carboxylic acids is 1. The average molecular weight is 404 g/mol. The van der Waals surface area contributed by atoms with Gasteiger partial charge in [-0.05, 0) is 43.0 Å². The zero-order valence-corrected chi connectivity index (χ0v) is 17.6. The SMILES string of the molecule is CCC(=O)N[C@@H](c1nccs1)[C@H]1CCCN(Cc2ccc(OC)c(OC)c2)C1. The predicted molar refractivity (Wildman–Crippen MR) is 111 cm³/mol. The summed E-state index contributed by atoms with van der Waals surface area (Å²) in [6.07, 6.45) is 4.51. The maximum atomic E-state index is 12.1. The maximum absolute atomic E-state index is 12.1. The third kappa shape index (κ3) is 5.02. The van der Waals surface area contributed by atoms with Crippen molar-refractivity contribution in [3.05, 3.63) is 40.3 Å². The summed E-state index contributed by atoms with van der Waals surface area (Å²) < 4.78 is 10.8. The van der Waals surface area contributed by atoms with Crippen LogP contribution in [0.3, 0.4) is 0 Å². The van der Waals surface area contributed by atoms with E-state index in [-0.39, 0.29) is 11.9 Å². The first-order valence-corrected chi connectivity index (χ1v) is 10.6. The van der Waals surface area contributed by atoms with Crippen molar-refractivity contribution in [3.63, 3.8) is 0 Å². The molecule has 2 aromatic rings. The lowest BCUT2D eigenvalue weighted by Gasteiger charge is -2.36. The molecular weight excluding hydrogens is 374 g/mol. The van der Waals surface area contributed by atoms with Crippen LogP contribution in [0.25, 0.3) is 0 Å². The molecule has 152 valence electrons. The van der Waals surface area contributed by atoms with Crippen molar-refractivity contribution >= 4 is 17.2 Å². The lowest BCUT2D eigenvalue weighted by Crippen LogP contribution is -2.42. The molecule has 1 aromatic heterocycles. The molecule has 0 radical (unpaired) electrons. The van der Waals surface area contributed by atoms with E-state index in [1.807, 2.05) is 30.6 Å². The second kappa shape index (κ2) is 9.89. The molecule has 1 aliphatic rings. The molecule has 0 bridgehead atoms. The van der Waals surface area contributed by atoms with E-state index < -0.39 is 0 Å². The van der Waals surface area contributed by atoms with Crippen molar-refractivity contribution in [3.8, 4) is 11.5 Å². The van der Waals surface area contributed by atoms with E-state index in [2.05, 4.69) is 21.3 Å². The Morgan fingerprint density at radius 2 is 2.18 bits per heavy atom. The third-order valence-electron chi connectivity index (χ3n) is 5.22. The number of methoxy groups -OCH3 is 2. The highest BCUT2D eigenvalue weighted by Gasteiger charge is 2.31. The number of nitrogens with zero attached hydrogens (tertiary/aromatic N) is 2. The molecule has 1 fully saturated rings. The molecule has 2 heterocycles. The molecule has 1 saturated heterocycles.